The van der Waals surface area contributed by atoms with Gasteiger partial charge >= 0.3 is 0 Å². The van der Waals surface area contributed by atoms with Crippen molar-refractivity contribution in [3.63, 3.8) is 0 Å². The van der Waals surface area contributed by atoms with E-state index in [1.165, 1.54) is 18.2 Å². The van der Waals surface area contributed by atoms with E-state index in [1.807, 2.05) is 13.0 Å². The Kier molecular flexibility index (Phi) is 7.41. The molecule has 1 heterocycles. The number of carbonyl (C=O) groups is 2. The topological polar surface area (TPSA) is 71.5 Å². The maximum absolute atomic E-state index is 12.8. The molecule has 0 saturated carbocycles. The number of hydrogen-bond donors (Lipinski definition) is 1. The molecule has 1 aromatic carbocycles. The zero-order valence-corrected chi connectivity index (χ0v) is 16.8. The Bertz CT molecular complexity index is 801. The summed E-state index contributed by atoms with van der Waals surface area (Å²) in [6, 6.07) is 8.68. The summed E-state index contributed by atoms with van der Waals surface area (Å²) in [7, 11) is 1.53. The summed E-state index contributed by atoms with van der Waals surface area (Å²) in [5, 5.41) is 2.87. The predicted octanol–water partition coefficient (Wildman–Crippen LogP) is 4.00. The van der Waals surface area contributed by atoms with Gasteiger partial charge in [-0.25, -0.2) is 4.98 Å². The average Bonchev–Trinajstić information content (AvgIpc) is 2.63. The molecule has 2 aromatic rings. The molecule has 8 heteroatoms. The summed E-state index contributed by atoms with van der Waals surface area (Å²) in [6.07, 6.45) is 2.21. The van der Waals surface area contributed by atoms with Crippen LogP contribution in [0.15, 0.2) is 41.0 Å². The third-order valence-electron chi connectivity index (χ3n) is 3.53. The fourth-order valence-electron chi connectivity index (χ4n) is 2.38. The lowest BCUT2D eigenvalue weighted by molar-refractivity contribution is -0.116. The molecule has 1 aromatic heterocycles. The quantitative estimate of drug-likeness (QED) is 0.661. The van der Waals surface area contributed by atoms with Crippen LogP contribution in [-0.2, 0) is 4.79 Å². The zero-order valence-electron chi connectivity index (χ0n) is 14.5. The molecule has 26 heavy (non-hydrogen) atoms. The third-order valence-corrected chi connectivity index (χ3v) is 4.27. The number of amides is 2. The van der Waals surface area contributed by atoms with E-state index in [1.54, 1.807) is 24.3 Å². The van der Waals surface area contributed by atoms with E-state index in [2.05, 4.69) is 26.2 Å². The van der Waals surface area contributed by atoms with Crippen LogP contribution in [0.4, 0.5) is 5.69 Å². The van der Waals surface area contributed by atoms with Crippen LogP contribution in [0, 0.1) is 0 Å². The SMILES string of the molecule is CCCN(CC(=O)Nc1ccccc1OC)C(=O)c1cc(Br)cnc1Cl. The van der Waals surface area contributed by atoms with Gasteiger partial charge in [-0.15, -0.1) is 0 Å². The van der Waals surface area contributed by atoms with Gasteiger partial charge in [0.25, 0.3) is 5.91 Å². The third kappa shape index (κ3) is 5.19. The van der Waals surface area contributed by atoms with Crippen LogP contribution in [-0.4, -0.2) is 41.9 Å². The number of carbonyl (C=O) groups excluding carboxylic acids is 2. The molecule has 0 aliphatic rings. The van der Waals surface area contributed by atoms with Gasteiger partial charge < -0.3 is 15.0 Å². The van der Waals surface area contributed by atoms with Gasteiger partial charge in [-0.3, -0.25) is 9.59 Å². The van der Waals surface area contributed by atoms with Crippen molar-refractivity contribution in [2.24, 2.45) is 0 Å². The Balaban J connectivity index is 2.15. The highest BCUT2D eigenvalue weighted by Gasteiger charge is 2.22. The lowest BCUT2D eigenvalue weighted by Gasteiger charge is -2.22. The predicted molar refractivity (Wildman–Crippen MR) is 105 cm³/mol. The van der Waals surface area contributed by atoms with Crippen molar-refractivity contribution in [2.45, 2.75) is 13.3 Å². The number of anilines is 1. The van der Waals surface area contributed by atoms with Crippen molar-refractivity contribution in [3.8, 4) is 5.75 Å². The highest BCUT2D eigenvalue weighted by atomic mass is 79.9. The Labute approximate surface area is 165 Å². The lowest BCUT2D eigenvalue weighted by atomic mass is 10.2. The van der Waals surface area contributed by atoms with E-state index in [0.29, 0.717) is 28.9 Å². The number of para-hydroxylation sites is 2. The number of methoxy groups -OCH3 is 1. The summed E-state index contributed by atoms with van der Waals surface area (Å²) in [4.78, 5) is 30.6. The molecule has 0 spiro atoms. The maximum Gasteiger partial charge on any atom is 0.257 e. The first-order valence-electron chi connectivity index (χ1n) is 7.99. The van der Waals surface area contributed by atoms with E-state index in [-0.39, 0.29) is 29.1 Å². The average molecular weight is 441 g/mol. The number of pyridine rings is 1. The minimum absolute atomic E-state index is 0.101. The van der Waals surface area contributed by atoms with Crippen LogP contribution in [0.25, 0.3) is 0 Å². The van der Waals surface area contributed by atoms with E-state index in [9.17, 15) is 9.59 Å². The van der Waals surface area contributed by atoms with Gasteiger partial charge in [-0.2, -0.15) is 0 Å². The summed E-state index contributed by atoms with van der Waals surface area (Å²) in [5.41, 5.74) is 0.797. The van der Waals surface area contributed by atoms with Crippen molar-refractivity contribution >= 4 is 45.0 Å². The molecule has 0 aliphatic carbocycles. The number of aromatic nitrogens is 1. The van der Waals surface area contributed by atoms with Gasteiger partial charge in [0, 0.05) is 17.2 Å². The van der Waals surface area contributed by atoms with Gasteiger partial charge in [0.15, 0.2) is 0 Å². The van der Waals surface area contributed by atoms with Crippen LogP contribution in [0.3, 0.4) is 0 Å². The summed E-state index contributed by atoms with van der Waals surface area (Å²) in [6.45, 7) is 2.24. The van der Waals surface area contributed by atoms with E-state index < -0.39 is 0 Å². The van der Waals surface area contributed by atoms with Crippen molar-refractivity contribution < 1.29 is 14.3 Å². The smallest absolute Gasteiger partial charge is 0.257 e. The Hall–Kier alpha value is -2.12. The molecule has 0 unspecified atom stereocenters. The van der Waals surface area contributed by atoms with Crippen molar-refractivity contribution in [1.82, 2.24) is 9.88 Å². The van der Waals surface area contributed by atoms with E-state index >= 15 is 0 Å². The van der Waals surface area contributed by atoms with Crippen LogP contribution >= 0.6 is 27.5 Å². The molecule has 0 bridgehead atoms. The summed E-state index contributed by atoms with van der Waals surface area (Å²) >= 11 is 9.32. The zero-order chi connectivity index (χ0) is 19.1. The second kappa shape index (κ2) is 9.54. The number of rotatable bonds is 7. The molecule has 0 saturated heterocycles. The van der Waals surface area contributed by atoms with Crippen molar-refractivity contribution in [2.75, 3.05) is 25.5 Å². The number of hydrogen-bond acceptors (Lipinski definition) is 4. The molecule has 2 amide bonds. The molecule has 6 nitrogen and oxygen atoms in total. The minimum Gasteiger partial charge on any atom is -0.495 e. The molecular formula is C18H19BrClN3O3. The fraction of sp³-hybridized carbons (Fsp3) is 0.278. The molecule has 0 radical (unpaired) electrons. The first-order chi connectivity index (χ1) is 12.5. The molecule has 0 aliphatic heterocycles. The number of nitrogens with one attached hydrogen (secondary N) is 1. The van der Waals surface area contributed by atoms with E-state index in [0.717, 1.165) is 0 Å². The molecule has 138 valence electrons. The summed E-state index contributed by atoms with van der Waals surface area (Å²) < 4.78 is 5.86. The lowest BCUT2D eigenvalue weighted by Crippen LogP contribution is -2.38. The Morgan fingerprint density at radius 2 is 2.08 bits per heavy atom. The molecular weight excluding hydrogens is 422 g/mol. The maximum atomic E-state index is 12.8. The minimum atomic E-state index is -0.346. The monoisotopic (exact) mass is 439 g/mol. The Morgan fingerprint density at radius 3 is 2.77 bits per heavy atom. The summed E-state index contributed by atoms with van der Waals surface area (Å²) in [5.74, 6) is -0.121. The van der Waals surface area contributed by atoms with Crippen LogP contribution in [0.2, 0.25) is 5.15 Å². The second-order valence-electron chi connectivity index (χ2n) is 5.47. The Morgan fingerprint density at radius 1 is 1.35 bits per heavy atom. The largest absolute Gasteiger partial charge is 0.495 e. The molecule has 0 fully saturated rings. The number of halogens is 2. The van der Waals surface area contributed by atoms with E-state index in [4.69, 9.17) is 16.3 Å². The normalized spacial score (nSPS) is 10.3. The van der Waals surface area contributed by atoms with Crippen molar-refractivity contribution in [3.05, 3.63) is 51.7 Å². The van der Waals surface area contributed by atoms with Crippen LogP contribution < -0.4 is 10.1 Å². The number of benzene rings is 1. The van der Waals surface area contributed by atoms with Gasteiger partial charge in [0.05, 0.1) is 18.4 Å². The fourth-order valence-corrected chi connectivity index (χ4v) is 2.89. The van der Waals surface area contributed by atoms with Gasteiger partial charge in [-0.1, -0.05) is 30.7 Å². The second-order valence-corrected chi connectivity index (χ2v) is 6.74. The molecule has 2 rings (SSSR count). The number of ether oxygens (including phenoxy) is 1. The highest BCUT2D eigenvalue weighted by molar-refractivity contribution is 9.10. The first-order valence-corrected chi connectivity index (χ1v) is 9.16. The molecule has 1 N–H and O–H groups in total. The van der Waals surface area contributed by atoms with Gasteiger partial charge in [0.1, 0.15) is 17.4 Å². The van der Waals surface area contributed by atoms with Crippen LogP contribution in [0.5, 0.6) is 5.75 Å². The van der Waals surface area contributed by atoms with Crippen molar-refractivity contribution in [1.29, 1.82) is 0 Å². The standard InChI is InChI=1S/C18H19BrClN3O3/c1-3-8-23(18(25)13-9-12(19)10-21-17(13)20)11-16(24)22-14-6-4-5-7-15(14)26-2/h4-7,9-10H,3,8,11H2,1-2H3,(H,22,24). The van der Waals surface area contributed by atoms with Gasteiger partial charge in [0.2, 0.25) is 5.91 Å². The first kappa shape index (κ1) is 20.2. The highest BCUT2D eigenvalue weighted by Crippen LogP contribution is 2.23. The van der Waals surface area contributed by atoms with Crippen LogP contribution in [0.1, 0.15) is 23.7 Å². The van der Waals surface area contributed by atoms with Gasteiger partial charge in [-0.05, 0) is 40.5 Å². The molecule has 0 atom stereocenters. The number of nitrogens with zero attached hydrogens (tertiary/aromatic N) is 2.